The molecule has 0 spiro atoms. The van der Waals surface area contributed by atoms with Crippen LogP contribution in [0, 0.1) is 0 Å². The fourth-order valence-corrected chi connectivity index (χ4v) is 3.00. The fourth-order valence-electron chi connectivity index (χ4n) is 3.00. The van der Waals surface area contributed by atoms with Crippen molar-refractivity contribution in [3.05, 3.63) is 35.5 Å². The SMILES string of the molecule is CC1CCCCN1Cc1ccc(-c2n[nH]nc2C(N)=O)cc1. The zero-order valence-corrected chi connectivity index (χ0v) is 12.7. The maximum absolute atomic E-state index is 11.3. The van der Waals surface area contributed by atoms with Crippen LogP contribution in [-0.4, -0.2) is 38.8 Å². The van der Waals surface area contributed by atoms with Gasteiger partial charge in [0, 0.05) is 18.2 Å². The molecule has 1 aliphatic rings. The number of amides is 1. The summed E-state index contributed by atoms with van der Waals surface area (Å²) in [4.78, 5) is 13.8. The maximum atomic E-state index is 11.3. The Hall–Kier alpha value is -2.21. The first-order valence-corrected chi connectivity index (χ1v) is 7.69. The van der Waals surface area contributed by atoms with Crippen LogP contribution in [0.25, 0.3) is 11.3 Å². The molecular weight excluding hydrogens is 278 g/mol. The van der Waals surface area contributed by atoms with Gasteiger partial charge in [0.15, 0.2) is 5.69 Å². The molecule has 3 N–H and O–H groups in total. The van der Waals surface area contributed by atoms with Gasteiger partial charge in [0.1, 0.15) is 5.69 Å². The molecule has 3 rings (SSSR count). The summed E-state index contributed by atoms with van der Waals surface area (Å²) in [7, 11) is 0. The first-order valence-electron chi connectivity index (χ1n) is 7.69. The standard InChI is InChI=1S/C16H21N5O/c1-11-4-2-3-9-21(11)10-12-5-7-13(8-6-12)14-15(16(17)22)19-20-18-14/h5-8,11H,2-4,9-10H2,1H3,(H2,17,22)(H,18,19,20). The topological polar surface area (TPSA) is 87.9 Å². The molecule has 1 aromatic carbocycles. The van der Waals surface area contributed by atoms with E-state index < -0.39 is 5.91 Å². The molecule has 2 aromatic rings. The van der Waals surface area contributed by atoms with Gasteiger partial charge in [-0.2, -0.15) is 15.4 Å². The lowest BCUT2D eigenvalue weighted by atomic mass is 10.0. The average Bonchev–Trinajstić information content (AvgIpc) is 3.00. The highest BCUT2D eigenvalue weighted by molar-refractivity contribution is 5.96. The quantitative estimate of drug-likeness (QED) is 0.903. The number of hydrogen-bond donors (Lipinski definition) is 2. The van der Waals surface area contributed by atoms with Crippen LogP contribution in [-0.2, 0) is 6.54 Å². The molecule has 1 aliphatic heterocycles. The Morgan fingerprint density at radius 3 is 2.77 bits per heavy atom. The number of nitrogens with zero attached hydrogens (tertiary/aromatic N) is 3. The highest BCUT2D eigenvalue weighted by Crippen LogP contribution is 2.22. The Morgan fingerprint density at radius 1 is 1.32 bits per heavy atom. The van der Waals surface area contributed by atoms with E-state index in [1.807, 2.05) is 12.1 Å². The number of primary amides is 1. The second kappa shape index (κ2) is 6.27. The number of nitrogens with two attached hydrogens (primary N) is 1. The van der Waals surface area contributed by atoms with Crippen molar-refractivity contribution >= 4 is 5.91 Å². The van der Waals surface area contributed by atoms with Crippen molar-refractivity contribution in [2.45, 2.75) is 38.8 Å². The molecule has 0 saturated carbocycles. The number of H-pyrrole nitrogens is 1. The number of nitrogens with one attached hydrogen (secondary N) is 1. The van der Waals surface area contributed by atoms with Crippen molar-refractivity contribution in [1.82, 2.24) is 20.3 Å². The lowest BCUT2D eigenvalue weighted by Gasteiger charge is -2.33. The number of benzene rings is 1. The van der Waals surface area contributed by atoms with Crippen LogP contribution in [0.1, 0.15) is 42.2 Å². The normalized spacial score (nSPS) is 19.2. The van der Waals surface area contributed by atoms with Crippen LogP contribution in [0.3, 0.4) is 0 Å². The van der Waals surface area contributed by atoms with Crippen LogP contribution in [0.15, 0.2) is 24.3 Å². The number of aromatic nitrogens is 3. The largest absolute Gasteiger partial charge is 0.364 e. The third kappa shape index (κ3) is 3.01. The number of carbonyl (C=O) groups is 1. The van der Waals surface area contributed by atoms with Crippen molar-refractivity contribution < 1.29 is 4.79 Å². The smallest absolute Gasteiger partial charge is 0.271 e. The molecule has 2 heterocycles. The summed E-state index contributed by atoms with van der Waals surface area (Å²) >= 11 is 0. The molecule has 22 heavy (non-hydrogen) atoms. The molecule has 0 aliphatic carbocycles. The van der Waals surface area contributed by atoms with Gasteiger partial charge in [-0.25, -0.2) is 0 Å². The summed E-state index contributed by atoms with van der Waals surface area (Å²) in [6.45, 7) is 4.42. The van der Waals surface area contributed by atoms with Gasteiger partial charge >= 0.3 is 0 Å². The molecule has 6 nitrogen and oxygen atoms in total. The lowest BCUT2D eigenvalue weighted by molar-refractivity contribution is 0.0996. The number of carbonyl (C=O) groups excluding carboxylic acids is 1. The van der Waals surface area contributed by atoms with E-state index in [9.17, 15) is 4.79 Å². The first kappa shape index (κ1) is 14.7. The highest BCUT2D eigenvalue weighted by Gasteiger charge is 2.19. The molecular formula is C16H21N5O. The van der Waals surface area contributed by atoms with Crippen molar-refractivity contribution in [1.29, 1.82) is 0 Å². The van der Waals surface area contributed by atoms with Crippen LogP contribution >= 0.6 is 0 Å². The minimum Gasteiger partial charge on any atom is -0.364 e. The third-order valence-electron chi connectivity index (χ3n) is 4.33. The average molecular weight is 299 g/mol. The summed E-state index contributed by atoms with van der Waals surface area (Å²) in [6, 6.07) is 8.74. The van der Waals surface area contributed by atoms with E-state index in [-0.39, 0.29) is 5.69 Å². The second-order valence-electron chi connectivity index (χ2n) is 5.90. The molecule has 1 atom stereocenters. The Kier molecular flexibility index (Phi) is 4.20. The summed E-state index contributed by atoms with van der Waals surface area (Å²) in [5, 5.41) is 10.3. The summed E-state index contributed by atoms with van der Waals surface area (Å²) in [5.41, 5.74) is 8.09. The van der Waals surface area contributed by atoms with Crippen molar-refractivity contribution in [2.75, 3.05) is 6.54 Å². The summed E-state index contributed by atoms with van der Waals surface area (Å²) in [6.07, 6.45) is 3.89. The minimum absolute atomic E-state index is 0.178. The number of rotatable bonds is 4. The monoisotopic (exact) mass is 299 g/mol. The Labute approximate surface area is 129 Å². The van der Waals surface area contributed by atoms with Gasteiger partial charge in [-0.3, -0.25) is 9.69 Å². The Balaban J connectivity index is 1.75. The Bertz CT molecular complexity index is 649. The van der Waals surface area contributed by atoms with Crippen molar-refractivity contribution in [3.8, 4) is 11.3 Å². The minimum atomic E-state index is -0.574. The van der Waals surface area contributed by atoms with E-state index in [2.05, 4.69) is 39.4 Å². The molecule has 1 aromatic heterocycles. The molecule has 6 heteroatoms. The van der Waals surface area contributed by atoms with Crippen LogP contribution in [0.2, 0.25) is 0 Å². The predicted octanol–water partition coefficient (Wildman–Crippen LogP) is 1.94. The zero-order chi connectivity index (χ0) is 15.5. The third-order valence-corrected chi connectivity index (χ3v) is 4.33. The van der Waals surface area contributed by atoms with E-state index in [1.54, 1.807) is 0 Å². The van der Waals surface area contributed by atoms with Gasteiger partial charge in [-0.05, 0) is 31.9 Å². The van der Waals surface area contributed by atoms with Gasteiger partial charge in [-0.1, -0.05) is 30.7 Å². The van der Waals surface area contributed by atoms with Gasteiger partial charge in [-0.15, -0.1) is 0 Å². The number of piperidine rings is 1. The zero-order valence-electron chi connectivity index (χ0n) is 12.7. The second-order valence-corrected chi connectivity index (χ2v) is 5.90. The van der Waals surface area contributed by atoms with Crippen LogP contribution < -0.4 is 5.73 Å². The highest BCUT2D eigenvalue weighted by atomic mass is 16.1. The van der Waals surface area contributed by atoms with E-state index in [1.165, 1.54) is 24.8 Å². The molecule has 116 valence electrons. The lowest BCUT2D eigenvalue weighted by Crippen LogP contribution is -2.36. The van der Waals surface area contributed by atoms with Gasteiger partial charge in [0.25, 0.3) is 5.91 Å². The van der Waals surface area contributed by atoms with E-state index >= 15 is 0 Å². The van der Waals surface area contributed by atoms with Crippen molar-refractivity contribution in [3.63, 3.8) is 0 Å². The van der Waals surface area contributed by atoms with Crippen LogP contribution in [0.5, 0.6) is 0 Å². The Morgan fingerprint density at radius 2 is 2.09 bits per heavy atom. The predicted molar refractivity (Wildman–Crippen MR) is 84.1 cm³/mol. The van der Waals surface area contributed by atoms with Gasteiger partial charge in [0.2, 0.25) is 0 Å². The molecule has 0 radical (unpaired) electrons. The van der Waals surface area contributed by atoms with Crippen molar-refractivity contribution in [2.24, 2.45) is 5.73 Å². The molecule has 0 bridgehead atoms. The van der Waals surface area contributed by atoms with E-state index in [0.717, 1.165) is 18.7 Å². The summed E-state index contributed by atoms with van der Waals surface area (Å²) < 4.78 is 0. The van der Waals surface area contributed by atoms with Gasteiger partial charge < -0.3 is 5.73 Å². The number of hydrogen-bond acceptors (Lipinski definition) is 4. The number of likely N-dealkylation sites (tertiary alicyclic amines) is 1. The maximum Gasteiger partial charge on any atom is 0.271 e. The summed E-state index contributed by atoms with van der Waals surface area (Å²) in [5.74, 6) is -0.574. The molecule has 1 fully saturated rings. The molecule has 1 unspecified atom stereocenters. The van der Waals surface area contributed by atoms with E-state index in [4.69, 9.17) is 5.73 Å². The first-order chi connectivity index (χ1) is 10.6. The fraction of sp³-hybridized carbons (Fsp3) is 0.438. The van der Waals surface area contributed by atoms with E-state index in [0.29, 0.717) is 11.7 Å². The van der Waals surface area contributed by atoms with Gasteiger partial charge in [0.05, 0.1) is 0 Å². The molecule has 1 saturated heterocycles. The van der Waals surface area contributed by atoms with Crippen LogP contribution in [0.4, 0.5) is 0 Å². The number of aromatic amines is 1. The molecule has 1 amide bonds.